The number of nitrogens with one attached hydrogen (secondary N) is 1. The summed E-state index contributed by atoms with van der Waals surface area (Å²) in [5.74, 6) is 0.337. The number of benzene rings is 1. The van der Waals surface area contributed by atoms with Crippen molar-refractivity contribution in [2.75, 3.05) is 43.1 Å². The number of morpholine rings is 1. The van der Waals surface area contributed by atoms with E-state index in [1.807, 2.05) is 38.1 Å². The minimum atomic E-state index is -0.405. The van der Waals surface area contributed by atoms with Crippen molar-refractivity contribution in [3.05, 3.63) is 24.3 Å². The molecule has 0 spiro atoms. The molecule has 110 valence electrons. The maximum absolute atomic E-state index is 11.5. The minimum absolute atomic E-state index is 0.337. The zero-order valence-corrected chi connectivity index (χ0v) is 12.1. The van der Waals surface area contributed by atoms with Gasteiger partial charge in [-0.2, -0.15) is 0 Å². The molecule has 0 aliphatic carbocycles. The Balaban J connectivity index is 1.86. The number of carbonyl (C=O) groups is 1. The first-order valence-electron chi connectivity index (χ1n) is 7.01. The standard InChI is InChI=1S/C15H22N2O3/c1-12(2)11-20-15(18)16-13-3-5-14(6-4-13)17-7-9-19-10-8-17/h3-6,12H,7-11H2,1-2H3,(H,16,18). The van der Waals surface area contributed by atoms with Gasteiger partial charge in [-0.15, -0.1) is 0 Å². The lowest BCUT2D eigenvalue weighted by molar-refractivity contribution is 0.122. The van der Waals surface area contributed by atoms with Crippen molar-refractivity contribution in [1.29, 1.82) is 0 Å². The van der Waals surface area contributed by atoms with E-state index in [1.54, 1.807) is 0 Å². The van der Waals surface area contributed by atoms with E-state index in [1.165, 1.54) is 0 Å². The summed E-state index contributed by atoms with van der Waals surface area (Å²) < 4.78 is 10.4. The number of amides is 1. The monoisotopic (exact) mass is 278 g/mol. The van der Waals surface area contributed by atoms with E-state index in [-0.39, 0.29) is 0 Å². The van der Waals surface area contributed by atoms with Gasteiger partial charge in [-0.1, -0.05) is 13.8 Å². The van der Waals surface area contributed by atoms with Crippen LogP contribution in [0.4, 0.5) is 16.2 Å². The second-order valence-corrected chi connectivity index (χ2v) is 5.26. The Labute approximate surface area is 119 Å². The number of hydrogen-bond donors (Lipinski definition) is 1. The van der Waals surface area contributed by atoms with Gasteiger partial charge in [-0.05, 0) is 30.2 Å². The van der Waals surface area contributed by atoms with Gasteiger partial charge in [0.25, 0.3) is 0 Å². The molecule has 1 aliphatic heterocycles. The predicted molar refractivity (Wildman–Crippen MR) is 79.3 cm³/mol. The third kappa shape index (κ3) is 4.42. The molecule has 1 fully saturated rings. The van der Waals surface area contributed by atoms with Crippen LogP contribution in [0.15, 0.2) is 24.3 Å². The van der Waals surface area contributed by atoms with Crippen molar-refractivity contribution >= 4 is 17.5 Å². The summed E-state index contributed by atoms with van der Waals surface area (Å²) in [6, 6.07) is 7.79. The zero-order chi connectivity index (χ0) is 14.4. The summed E-state index contributed by atoms with van der Waals surface area (Å²) in [5, 5.41) is 2.72. The predicted octanol–water partition coefficient (Wildman–Crippen LogP) is 2.73. The van der Waals surface area contributed by atoms with Gasteiger partial charge < -0.3 is 14.4 Å². The van der Waals surface area contributed by atoms with E-state index >= 15 is 0 Å². The van der Waals surface area contributed by atoms with E-state index in [0.717, 1.165) is 37.7 Å². The van der Waals surface area contributed by atoms with Crippen LogP contribution in [0.3, 0.4) is 0 Å². The van der Waals surface area contributed by atoms with E-state index in [4.69, 9.17) is 9.47 Å². The van der Waals surface area contributed by atoms with E-state index in [9.17, 15) is 4.79 Å². The van der Waals surface area contributed by atoms with Crippen LogP contribution in [0.25, 0.3) is 0 Å². The first-order chi connectivity index (χ1) is 9.65. The highest BCUT2D eigenvalue weighted by atomic mass is 16.5. The van der Waals surface area contributed by atoms with E-state index in [2.05, 4.69) is 10.2 Å². The Morgan fingerprint density at radius 1 is 1.30 bits per heavy atom. The molecule has 0 aromatic heterocycles. The fraction of sp³-hybridized carbons (Fsp3) is 0.533. The Morgan fingerprint density at radius 3 is 2.55 bits per heavy atom. The highest BCUT2D eigenvalue weighted by Crippen LogP contribution is 2.19. The number of anilines is 2. The SMILES string of the molecule is CC(C)COC(=O)Nc1ccc(N2CCOCC2)cc1. The summed E-state index contributed by atoms with van der Waals surface area (Å²) in [7, 11) is 0. The maximum atomic E-state index is 11.5. The smallest absolute Gasteiger partial charge is 0.411 e. The topological polar surface area (TPSA) is 50.8 Å². The van der Waals surface area contributed by atoms with Crippen molar-refractivity contribution in [1.82, 2.24) is 0 Å². The van der Waals surface area contributed by atoms with Crippen molar-refractivity contribution < 1.29 is 14.3 Å². The lowest BCUT2D eigenvalue weighted by Gasteiger charge is -2.28. The fourth-order valence-electron chi connectivity index (χ4n) is 1.97. The number of rotatable bonds is 4. The Bertz CT molecular complexity index is 425. The Hall–Kier alpha value is -1.75. The third-order valence-corrected chi connectivity index (χ3v) is 3.04. The van der Waals surface area contributed by atoms with Gasteiger partial charge in [0.2, 0.25) is 0 Å². The molecule has 0 atom stereocenters. The molecule has 2 rings (SSSR count). The van der Waals surface area contributed by atoms with Gasteiger partial charge in [0.15, 0.2) is 0 Å². The number of hydrogen-bond acceptors (Lipinski definition) is 4. The molecular weight excluding hydrogens is 256 g/mol. The van der Waals surface area contributed by atoms with Crippen LogP contribution >= 0.6 is 0 Å². The lowest BCUT2D eigenvalue weighted by atomic mass is 10.2. The molecule has 20 heavy (non-hydrogen) atoms. The van der Waals surface area contributed by atoms with Crippen LogP contribution in [0.2, 0.25) is 0 Å². The molecule has 0 unspecified atom stereocenters. The molecule has 1 aromatic carbocycles. The second-order valence-electron chi connectivity index (χ2n) is 5.26. The quantitative estimate of drug-likeness (QED) is 0.920. The molecular formula is C15H22N2O3. The van der Waals surface area contributed by atoms with Crippen molar-refractivity contribution in [2.24, 2.45) is 5.92 Å². The first kappa shape index (κ1) is 14.7. The number of ether oxygens (including phenoxy) is 2. The second kappa shape index (κ2) is 7.14. The van der Waals surface area contributed by atoms with Crippen LogP contribution in [0.1, 0.15) is 13.8 Å². The molecule has 0 saturated carbocycles. The molecule has 1 saturated heterocycles. The van der Waals surface area contributed by atoms with Gasteiger partial charge >= 0.3 is 6.09 Å². The summed E-state index contributed by atoms with van der Waals surface area (Å²) in [5.41, 5.74) is 1.89. The van der Waals surface area contributed by atoms with Crippen LogP contribution in [-0.2, 0) is 9.47 Å². The van der Waals surface area contributed by atoms with Crippen LogP contribution in [0.5, 0.6) is 0 Å². The van der Waals surface area contributed by atoms with Crippen molar-refractivity contribution in [2.45, 2.75) is 13.8 Å². The Kier molecular flexibility index (Phi) is 5.24. The number of carbonyl (C=O) groups excluding carboxylic acids is 1. The number of nitrogens with zero attached hydrogens (tertiary/aromatic N) is 1. The molecule has 5 heteroatoms. The summed E-state index contributed by atoms with van der Waals surface area (Å²) in [6.45, 7) is 7.78. The van der Waals surface area contributed by atoms with E-state index < -0.39 is 6.09 Å². The largest absolute Gasteiger partial charge is 0.449 e. The highest BCUT2D eigenvalue weighted by Gasteiger charge is 2.11. The average Bonchev–Trinajstić information content (AvgIpc) is 2.47. The van der Waals surface area contributed by atoms with Gasteiger partial charge in [0.05, 0.1) is 19.8 Å². The fourth-order valence-corrected chi connectivity index (χ4v) is 1.97. The lowest BCUT2D eigenvalue weighted by Crippen LogP contribution is -2.36. The third-order valence-electron chi connectivity index (χ3n) is 3.04. The summed E-state index contributed by atoms with van der Waals surface area (Å²) in [4.78, 5) is 13.8. The van der Waals surface area contributed by atoms with Gasteiger partial charge in [0, 0.05) is 24.5 Å². The van der Waals surface area contributed by atoms with Gasteiger partial charge in [0.1, 0.15) is 0 Å². The van der Waals surface area contributed by atoms with Crippen LogP contribution < -0.4 is 10.2 Å². The highest BCUT2D eigenvalue weighted by molar-refractivity contribution is 5.84. The summed E-state index contributed by atoms with van der Waals surface area (Å²) >= 11 is 0. The van der Waals surface area contributed by atoms with Crippen molar-refractivity contribution in [3.8, 4) is 0 Å². The van der Waals surface area contributed by atoms with Crippen molar-refractivity contribution in [3.63, 3.8) is 0 Å². The Morgan fingerprint density at radius 2 is 1.95 bits per heavy atom. The average molecular weight is 278 g/mol. The normalized spacial score (nSPS) is 15.2. The minimum Gasteiger partial charge on any atom is -0.449 e. The molecule has 1 aliphatic rings. The van der Waals surface area contributed by atoms with Crippen LogP contribution in [-0.4, -0.2) is 39.0 Å². The van der Waals surface area contributed by atoms with Gasteiger partial charge in [-0.3, -0.25) is 5.32 Å². The molecule has 0 radical (unpaired) electrons. The van der Waals surface area contributed by atoms with Gasteiger partial charge in [-0.25, -0.2) is 4.79 Å². The molecule has 0 bridgehead atoms. The maximum Gasteiger partial charge on any atom is 0.411 e. The first-order valence-corrected chi connectivity index (χ1v) is 7.01. The molecule has 5 nitrogen and oxygen atoms in total. The summed E-state index contributed by atoms with van der Waals surface area (Å²) in [6.07, 6.45) is -0.405. The zero-order valence-electron chi connectivity index (χ0n) is 12.1. The molecule has 1 amide bonds. The van der Waals surface area contributed by atoms with Crippen LogP contribution in [0, 0.1) is 5.92 Å². The molecule has 1 aromatic rings. The van der Waals surface area contributed by atoms with E-state index in [0.29, 0.717) is 12.5 Å². The molecule has 1 heterocycles. The molecule has 1 N–H and O–H groups in total.